The van der Waals surface area contributed by atoms with Crippen LogP contribution in [0.1, 0.15) is 35.2 Å². The number of imidazole rings is 1. The lowest BCUT2D eigenvalue weighted by Gasteiger charge is -2.22. The first-order valence-electron chi connectivity index (χ1n) is 7.54. The van der Waals surface area contributed by atoms with Crippen LogP contribution >= 0.6 is 0 Å². The molecular weight excluding hydrogens is 294 g/mol. The number of aromatic amines is 2. The van der Waals surface area contributed by atoms with Gasteiger partial charge in [-0.15, -0.1) is 0 Å². The third kappa shape index (κ3) is 2.40. The van der Waals surface area contributed by atoms with E-state index in [2.05, 4.69) is 20.2 Å². The second kappa shape index (κ2) is 5.35. The minimum atomic E-state index is -0.322. The maximum absolute atomic E-state index is 12.7. The summed E-state index contributed by atoms with van der Waals surface area (Å²) < 4.78 is 0. The lowest BCUT2D eigenvalue weighted by molar-refractivity contribution is 0.0723. The minimum Gasteiger partial charge on any atom is -0.340 e. The Morgan fingerprint density at radius 1 is 1.22 bits per heavy atom. The van der Waals surface area contributed by atoms with Gasteiger partial charge in [0.25, 0.3) is 11.5 Å². The van der Waals surface area contributed by atoms with Crippen LogP contribution in [-0.4, -0.2) is 37.5 Å². The lowest BCUT2D eigenvalue weighted by Crippen LogP contribution is -2.32. The van der Waals surface area contributed by atoms with Crippen molar-refractivity contribution in [2.24, 2.45) is 0 Å². The van der Waals surface area contributed by atoms with Gasteiger partial charge in [0, 0.05) is 12.6 Å². The van der Waals surface area contributed by atoms with Crippen molar-refractivity contribution in [3.05, 3.63) is 58.3 Å². The molecule has 0 radical (unpaired) electrons. The highest BCUT2D eigenvalue weighted by Crippen LogP contribution is 2.32. The van der Waals surface area contributed by atoms with Crippen LogP contribution in [-0.2, 0) is 0 Å². The Hall–Kier alpha value is -2.96. The van der Waals surface area contributed by atoms with Crippen LogP contribution in [0.3, 0.4) is 0 Å². The number of H-pyrrole nitrogens is 2. The van der Waals surface area contributed by atoms with Crippen molar-refractivity contribution in [1.29, 1.82) is 0 Å². The van der Waals surface area contributed by atoms with Gasteiger partial charge < -0.3 is 9.88 Å². The molecule has 0 spiro atoms. The number of aromatic nitrogens is 4. The van der Waals surface area contributed by atoms with Gasteiger partial charge in [-0.25, -0.2) is 10.1 Å². The van der Waals surface area contributed by atoms with E-state index in [0.717, 1.165) is 29.7 Å². The number of fused-ring (bicyclic) bond motifs is 1. The van der Waals surface area contributed by atoms with Crippen LogP contribution < -0.4 is 5.56 Å². The highest BCUT2D eigenvalue weighted by Gasteiger charge is 2.33. The van der Waals surface area contributed by atoms with Crippen molar-refractivity contribution in [2.45, 2.75) is 18.9 Å². The number of benzene rings is 1. The van der Waals surface area contributed by atoms with E-state index in [1.54, 1.807) is 4.90 Å². The highest BCUT2D eigenvalue weighted by molar-refractivity contribution is 5.92. The summed E-state index contributed by atoms with van der Waals surface area (Å²) in [6, 6.07) is 10.5. The van der Waals surface area contributed by atoms with Crippen LogP contribution in [0.2, 0.25) is 0 Å². The first kappa shape index (κ1) is 13.7. The van der Waals surface area contributed by atoms with Crippen LogP contribution in [0.25, 0.3) is 11.0 Å². The van der Waals surface area contributed by atoms with Crippen molar-refractivity contribution in [3.8, 4) is 0 Å². The largest absolute Gasteiger partial charge is 0.340 e. The highest BCUT2D eigenvalue weighted by atomic mass is 16.2. The van der Waals surface area contributed by atoms with Gasteiger partial charge in [0.2, 0.25) is 0 Å². The van der Waals surface area contributed by atoms with Gasteiger partial charge in [-0.05, 0) is 31.0 Å². The normalized spacial score (nSPS) is 17.7. The molecule has 116 valence electrons. The summed E-state index contributed by atoms with van der Waals surface area (Å²) in [5.41, 5.74) is 1.78. The molecule has 2 aromatic heterocycles. The first-order valence-corrected chi connectivity index (χ1v) is 7.54. The predicted molar refractivity (Wildman–Crippen MR) is 84.0 cm³/mol. The quantitative estimate of drug-likeness (QED) is 0.752. The summed E-state index contributed by atoms with van der Waals surface area (Å²) in [6.07, 6.45) is 1.77. The molecule has 2 N–H and O–H groups in total. The molecule has 1 aliphatic rings. The zero-order chi connectivity index (χ0) is 15.8. The van der Waals surface area contributed by atoms with Gasteiger partial charge in [-0.1, -0.05) is 12.1 Å². The Kier molecular flexibility index (Phi) is 3.18. The summed E-state index contributed by atoms with van der Waals surface area (Å²) in [5.74, 6) is 0.602. The monoisotopic (exact) mass is 309 g/mol. The van der Waals surface area contributed by atoms with Crippen LogP contribution in [0, 0.1) is 0 Å². The van der Waals surface area contributed by atoms with Crippen LogP contribution in [0.4, 0.5) is 0 Å². The Bertz CT molecular complexity index is 876. The van der Waals surface area contributed by atoms with E-state index < -0.39 is 0 Å². The summed E-state index contributed by atoms with van der Waals surface area (Å²) >= 11 is 0. The van der Waals surface area contributed by atoms with Gasteiger partial charge in [0.1, 0.15) is 11.5 Å². The lowest BCUT2D eigenvalue weighted by atomic mass is 10.2. The third-order valence-corrected chi connectivity index (χ3v) is 4.14. The van der Waals surface area contributed by atoms with E-state index in [0.29, 0.717) is 6.54 Å². The molecule has 4 rings (SSSR count). The molecule has 1 aliphatic heterocycles. The summed E-state index contributed by atoms with van der Waals surface area (Å²) in [7, 11) is 0. The number of carbonyl (C=O) groups is 1. The zero-order valence-electron chi connectivity index (χ0n) is 12.3. The average molecular weight is 309 g/mol. The van der Waals surface area contributed by atoms with Crippen LogP contribution in [0.15, 0.2) is 41.2 Å². The minimum absolute atomic E-state index is 0.0939. The maximum Gasteiger partial charge on any atom is 0.274 e. The van der Waals surface area contributed by atoms with Crippen molar-refractivity contribution in [3.63, 3.8) is 0 Å². The van der Waals surface area contributed by atoms with Crippen molar-refractivity contribution < 1.29 is 4.79 Å². The molecule has 1 aromatic carbocycles. The number of hydrogen-bond donors (Lipinski definition) is 2. The number of hydrogen-bond acceptors (Lipinski definition) is 4. The number of nitrogens with one attached hydrogen (secondary N) is 2. The molecule has 3 aromatic rings. The van der Waals surface area contributed by atoms with E-state index in [9.17, 15) is 9.59 Å². The fourth-order valence-corrected chi connectivity index (χ4v) is 3.04. The molecule has 1 atom stereocenters. The fraction of sp³-hybridized carbons (Fsp3) is 0.250. The zero-order valence-corrected chi connectivity index (χ0v) is 12.3. The van der Waals surface area contributed by atoms with Gasteiger partial charge in [0.05, 0.1) is 17.1 Å². The van der Waals surface area contributed by atoms with E-state index in [1.807, 2.05) is 24.3 Å². The first-order chi connectivity index (χ1) is 11.2. The molecule has 0 saturated carbocycles. The average Bonchev–Trinajstić information content (AvgIpc) is 3.21. The summed E-state index contributed by atoms with van der Waals surface area (Å²) in [6.45, 7) is 0.654. The molecule has 7 nitrogen and oxygen atoms in total. The molecule has 0 aliphatic carbocycles. The van der Waals surface area contributed by atoms with Crippen molar-refractivity contribution in [2.75, 3.05) is 6.54 Å². The number of nitrogens with zero attached hydrogens (tertiary/aromatic N) is 3. The molecular formula is C16H15N5O2. The number of para-hydroxylation sites is 2. The number of likely N-dealkylation sites (tertiary alicyclic amines) is 1. The molecule has 1 fully saturated rings. The number of amides is 1. The maximum atomic E-state index is 12.7. The molecule has 0 unspecified atom stereocenters. The molecule has 1 saturated heterocycles. The Morgan fingerprint density at radius 3 is 2.87 bits per heavy atom. The summed E-state index contributed by atoms with van der Waals surface area (Å²) in [4.78, 5) is 33.4. The van der Waals surface area contributed by atoms with Crippen molar-refractivity contribution >= 4 is 16.9 Å². The van der Waals surface area contributed by atoms with Gasteiger partial charge in [0.15, 0.2) is 0 Å². The second-order valence-corrected chi connectivity index (χ2v) is 5.60. The Labute approximate surface area is 131 Å². The Balaban J connectivity index is 1.67. The standard InChI is InChI=1S/C16H15N5O2/c22-14-8-7-12(19-20-14)16(23)21-9-3-6-13(21)15-17-10-4-1-2-5-11(10)18-15/h1-2,4-5,7-8,13H,3,6,9H2,(H,17,18)(H,20,22)/t13-/m1/s1. The molecule has 23 heavy (non-hydrogen) atoms. The molecule has 7 heteroatoms. The third-order valence-electron chi connectivity index (χ3n) is 4.14. The smallest absolute Gasteiger partial charge is 0.274 e. The fourth-order valence-electron chi connectivity index (χ4n) is 3.04. The van der Waals surface area contributed by atoms with E-state index >= 15 is 0 Å². The summed E-state index contributed by atoms with van der Waals surface area (Å²) in [5, 5.41) is 6.14. The van der Waals surface area contributed by atoms with E-state index in [4.69, 9.17) is 0 Å². The van der Waals surface area contributed by atoms with Gasteiger partial charge >= 0.3 is 0 Å². The second-order valence-electron chi connectivity index (χ2n) is 5.60. The molecule has 1 amide bonds. The number of carbonyl (C=O) groups excluding carboxylic acids is 1. The topological polar surface area (TPSA) is 94.7 Å². The van der Waals surface area contributed by atoms with Gasteiger partial charge in [-0.3, -0.25) is 9.59 Å². The SMILES string of the molecule is O=C(c1ccc(=O)[nH]n1)N1CCC[C@@H]1c1nc2ccccc2[nH]1. The molecule has 3 heterocycles. The van der Waals surface area contributed by atoms with E-state index in [-0.39, 0.29) is 23.2 Å². The van der Waals surface area contributed by atoms with Crippen molar-refractivity contribution in [1.82, 2.24) is 25.1 Å². The predicted octanol–water partition coefficient (Wildman–Crippen LogP) is 1.62. The number of rotatable bonds is 2. The Morgan fingerprint density at radius 2 is 2.09 bits per heavy atom. The van der Waals surface area contributed by atoms with Gasteiger partial charge in [-0.2, -0.15) is 5.10 Å². The van der Waals surface area contributed by atoms with Crippen LogP contribution in [0.5, 0.6) is 0 Å². The molecule has 0 bridgehead atoms. The van der Waals surface area contributed by atoms with E-state index in [1.165, 1.54) is 12.1 Å².